The molecule has 0 saturated heterocycles. The lowest BCUT2D eigenvalue weighted by Crippen LogP contribution is -2.37. The van der Waals surface area contributed by atoms with Crippen LogP contribution >= 0.6 is 24.0 Å². The number of aromatic nitrogens is 2. The van der Waals surface area contributed by atoms with E-state index in [2.05, 4.69) is 20.7 Å². The SMILES string of the molecule is CCNC(=NCc1cc(F)ccc1CS(C)(=O)=O)NCc1ccnn1C.I. The van der Waals surface area contributed by atoms with Gasteiger partial charge in [0.15, 0.2) is 15.8 Å². The van der Waals surface area contributed by atoms with Gasteiger partial charge in [-0.25, -0.2) is 17.8 Å². The van der Waals surface area contributed by atoms with Gasteiger partial charge < -0.3 is 10.6 Å². The molecule has 0 aliphatic heterocycles. The third-order valence-electron chi connectivity index (χ3n) is 3.70. The highest BCUT2D eigenvalue weighted by atomic mass is 127. The summed E-state index contributed by atoms with van der Waals surface area (Å²) in [6.45, 7) is 3.31. The van der Waals surface area contributed by atoms with Gasteiger partial charge in [-0.1, -0.05) is 6.07 Å². The van der Waals surface area contributed by atoms with Crippen molar-refractivity contribution in [3.8, 4) is 0 Å². The van der Waals surface area contributed by atoms with Gasteiger partial charge in [0.05, 0.1) is 24.5 Å². The van der Waals surface area contributed by atoms with Gasteiger partial charge in [-0.05, 0) is 36.2 Å². The van der Waals surface area contributed by atoms with E-state index in [4.69, 9.17) is 0 Å². The smallest absolute Gasteiger partial charge is 0.191 e. The molecule has 150 valence electrons. The zero-order valence-corrected chi connectivity index (χ0v) is 18.7. The Kier molecular flexibility index (Phi) is 9.16. The topological polar surface area (TPSA) is 88.4 Å². The van der Waals surface area contributed by atoms with Gasteiger partial charge in [0.1, 0.15) is 5.82 Å². The van der Waals surface area contributed by atoms with Gasteiger partial charge in [-0.3, -0.25) is 4.68 Å². The first-order valence-electron chi connectivity index (χ1n) is 8.22. The van der Waals surface area contributed by atoms with Gasteiger partial charge in [0, 0.05) is 26.0 Å². The molecular formula is C17H25FIN5O2S. The zero-order chi connectivity index (χ0) is 19.2. The van der Waals surface area contributed by atoms with Gasteiger partial charge in [-0.15, -0.1) is 24.0 Å². The fourth-order valence-electron chi connectivity index (χ4n) is 2.42. The third kappa shape index (κ3) is 7.83. The van der Waals surface area contributed by atoms with Gasteiger partial charge in [0.25, 0.3) is 0 Å². The lowest BCUT2D eigenvalue weighted by Gasteiger charge is -2.12. The first-order chi connectivity index (χ1) is 12.3. The number of hydrogen-bond donors (Lipinski definition) is 2. The number of aliphatic imine (C=N–C) groups is 1. The van der Waals surface area contributed by atoms with Crippen molar-refractivity contribution in [3.63, 3.8) is 0 Å². The monoisotopic (exact) mass is 509 g/mol. The molecule has 0 aliphatic rings. The van der Waals surface area contributed by atoms with E-state index in [1.54, 1.807) is 10.9 Å². The molecule has 1 aromatic carbocycles. The van der Waals surface area contributed by atoms with Crippen LogP contribution in [-0.4, -0.2) is 37.0 Å². The van der Waals surface area contributed by atoms with E-state index >= 15 is 0 Å². The van der Waals surface area contributed by atoms with E-state index < -0.39 is 15.7 Å². The second-order valence-corrected chi connectivity index (χ2v) is 8.12. The number of nitrogens with one attached hydrogen (secondary N) is 2. The molecule has 2 rings (SSSR count). The van der Waals surface area contributed by atoms with E-state index in [9.17, 15) is 12.8 Å². The van der Waals surface area contributed by atoms with E-state index in [0.717, 1.165) is 11.9 Å². The maximum Gasteiger partial charge on any atom is 0.191 e. The molecule has 0 atom stereocenters. The van der Waals surface area contributed by atoms with Crippen molar-refractivity contribution >= 4 is 39.8 Å². The van der Waals surface area contributed by atoms with Crippen LogP contribution in [0.4, 0.5) is 4.39 Å². The van der Waals surface area contributed by atoms with Crippen LogP contribution in [0.15, 0.2) is 35.5 Å². The van der Waals surface area contributed by atoms with Crippen LogP contribution < -0.4 is 10.6 Å². The fourth-order valence-corrected chi connectivity index (χ4v) is 3.27. The summed E-state index contributed by atoms with van der Waals surface area (Å²) >= 11 is 0. The van der Waals surface area contributed by atoms with Crippen LogP contribution in [0.3, 0.4) is 0 Å². The van der Waals surface area contributed by atoms with Gasteiger partial charge >= 0.3 is 0 Å². The summed E-state index contributed by atoms with van der Waals surface area (Å²) < 4.78 is 38.5. The maximum atomic E-state index is 13.6. The number of benzene rings is 1. The minimum Gasteiger partial charge on any atom is -0.357 e. The summed E-state index contributed by atoms with van der Waals surface area (Å²) in [5.41, 5.74) is 2.09. The Balaban J connectivity index is 0.00000364. The molecule has 0 aliphatic carbocycles. The summed E-state index contributed by atoms with van der Waals surface area (Å²) in [5, 5.41) is 10.4. The summed E-state index contributed by atoms with van der Waals surface area (Å²) in [4.78, 5) is 4.45. The minimum absolute atomic E-state index is 0. The predicted molar refractivity (Wildman–Crippen MR) is 115 cm³/mol. The maximum absolute atomic E-state index is 13.6. The van der Waals surface area contributed by atoms with Crippen molar-refractivity contribution in [2.24, 2.45) is 12.0 Å². The fraction of sp³-hybridized carbons (Fsp3) is 0.412. The third-order valence-corrected chi connectivity index (χ3v) is 4.53. The van der Waals surface area contributed by atoms with Crippen LogP contribution in [0.1, 0.15) is 23.7 Å². The Bertz CT molecular complexity index is 883. The summed E-state index contributed by atoms with van der Waals surface area (Å²) in [6, 6.07) is 5.98. The lowest BCUT2D eigenvalue weighted by molar-refractivity contribution is 0.600. The van der Waals surface area contributed by atoms with E-state index in [0.29, 0.717) is 30.2 Å². The number of hydrogen-bond acceptors (Lipinski definition) is 4. The van der Waals surface area contributed by atoms with Gasteiger partial charge in [0.2, 0.25) is 0 Å². The first kappa shape index (κ1) is 23.3. The van der Waals surface area contributed by atoms with Crippen molar-refractivity contribution in [1.82, 2.24) is 20.4 Å². The van der Waals surface area contributed by atoms with Gasteiger partial charge in [-0.2, -0.15) is 5.10 Å². The van der Waals surface area contributed by atoms with Crippen molar-refractivity contribution in [2.45, 2.75) is 25.8 Å². The molecule has 0 spiro atoms. The molecule has 0 fully saturated rings. The summed E-state index contributed by atoms with van der Waals surface area (Å²) in [7, 11) is -1.37. The molecule has 2 aromatic rings. The first-order valence-corrected chi connectivity index (χ1v) is 10.3. The molecule has 0 unspecified atom stereocenters. The Morgan fingerprint density at radius 3 is 2.59 bits per heavy atom. The Morgan fingerprint density at radius 2 is 2.00 bits per heavy atom. The normalized spacial score (nSPS) is 11.8. The number of guanidine groups is 1. The number of aryl methyl sites for hydroxylation is 1. The van der Waals surface area contributed by atoms with Crippen molar-refractivity contribution < 1.29 is 12.8 Å². The van der Waals surface area contributed by atoms with Crippen LogP contribution in [0.2, 0.25) is 0 Å². The quantitative estimate of drug-likeness (QED) is 0.339. The van der Waals surface area contributed by atoms with Crippen LogP contribution in [-0.2, 0) is 35.7 Å². The largest absolute Gasteiger partial charge is 0.357 e. The average molecular weight is 509 g/mol. The molecule has 0 saturated carbocycles. The molecule has 7 nitrogen and oxygen atoms in total. The Morgan fingerprint density at radius 1 is 1.26 bits per heavy atom. The van der Waals surface area contributed by atoms with E-state index in [1.165, 1.54) is 18.2 Å². The molecular weight excluding hydrogens is 484 g/mol. The minimum atomic E-state index is -3.22. The van der Waals surface area contributed by atoms with E-state index in [1.807, 2.05) is 20.0 Å². The molecule has 2 N–H and O–H groups in total. The number of halogens is 2. The lowest BCUT2D eigenvalue weighted by atomic mass is 10.1. The van der Waals surface area contributed by atoms with Crippen molar-refractivity contribution in [2.75, 3.05) is 12.8 Å². The standard InChI is InChI=1S/C17H24FN5O2S.HI/c1-4-19-17(21-11-16-7-8-22-23(16)2)20-10-14-9-15(18)6-5-13(14)12-26(3,24)25;/h5-9H,4,10-12H2,1-3H3,(H2,19,20,21);1H. The zero-order valence-electron chi connectivity index (χ0n) is 15.6. The molecule has 1 heterocycles. The highest BCUT2D eigenvalue weighted by molar-refractivity contribution is 14.0. The number of rotatable bonds is 7. The molecule has 27 heavy (non-hydrogen) atoms. The molecule has 10 heteroatoms. The summed E-state index contributed by atoms with van der Waals surface area (Å²) in [6.07, 6.45) is 2.87. The molecule has 1 aromatic heterocycles. The average Bonchev–Trinajstić information content (AvgIpc) is 2.96. The number of nitrogens with zero attached hydrogens (tertiary/aromatic N) is 3. The second-order valence-electron chi connectivity index (χ2n) is 5.98. The van der Waals surface area contributed by atoms with E-state index in [-0.39, 0.29) is 36.3 Å². The van der Waals surface area contributed by atoms with Crippen molar-refractivity contribution in [3.05, 3.63) is 53.1 Å². The van der Waals surface area contributed by atoms with Crippen LogP contribution in [0.25, 0.3) is 0 Å². The molecule has 0 amide bonds. The van der Waals surface area contributed by atoms with Crippen LogP contribution in [0, 0.1) is 5.82 Å². The highest BCUT2D eigenvalue weighted by Crippen LogP contribution is 2.15. The highest BCUT2D eigenvalue weighted by Gasteiger charge is 2.11. The van der Waals surface area contributed by atoms with Crippen LogP contribution in [0.5, 0.6) is 0 Å². The molecule has 0 radical (unpaired) electrons. The number of sulfone groups is 1. The summed E-state index contributed by atoms with van der Waals surface area (Å²) in [5.74, 6) is 0.000443. The predicted octanol–water partition coefficient (Wildman–Crippen LogP) is 1.98. The molecule has 0 bridgehead atoms. The second kappa shape index (κ2) is 10.6. The van der Waals surface area contributed by atoms with Crippen molar-refractivity contribution in [1.29, 1.82) is 0 Å². The Hall–Kier alpha value is -1.69. The Labute approximate surface area is 176 Å².